The largest absolute Gasteiger partial charge is 0.391 e. The van der Waals surface area contributed by atoms with Gasteiger partial charge in [0.05, 0.1) is 6.10 Å². The van der Waals surface area contributed by atoms with E-state index in [9.17, 15) is 5.11 Å². The number of hydrogen-bond acceptors (Lipinski definition) is 2. The van der Waals surface area contributed by atoms with Gasteiger partial charge in [0.2, 0.25) is 0 Å². The minimum Gasteiger partial charge on any atom is -0.391 e. The van der Waals surface area contributed by atoms with E-state index in [-0.39, 0.29) is 18.2 Å². The van der Waals surface area contributed by atoms with Crippen molar-refractivity contribution in [3.63, 3.8) is 0 Å². The van der Waals surface area contributed by atoms with Crippen LogP contribution in [-0.2, 0) is 0 Å². The Morgan fingerprint density at radius 3 is 2.56 bits per heavy atom. The van der Waals surface area contributed by atoms with Crippen LogP contribution in [0.25, 0.3) is 0 Å². The molecule has 1 aromatic rings. The highest BCUT2D eigenvalue weighted by Gasteiger charge is 2.21. The quantitative estimate of drug-likeness (QED) is 0.762. The van der Waals surface area contributed by atoms with Crippen LogP contribution in [0.5, 0.6) is 0 Å². The van der Waals surface area contributed by atoms with Gasteiger partial charge in [-0.15, -0.1) is 0 Å². The Bertz CT molecular complexity index is 347. The first-order valence-electron chi connectivity index (χ1n) is 5.91. The van der Waals surface area contributed by atoms with Gasteiger partial charge in [0.15, 0.2) is 0 Å². The normalized spacial score (nSPS) is 26.6. The summed E-state index contributed by atoms with van der Waals surface area (Å²) in [5, 5.41) is 13.3. The Kier molecular flexibility index (Phi) is 3.75. The maximum Gasteiger partial charge on any atom is 0.0730 e. The Morgan fingerprint density at radius 1 is 1.19 bits per heavy atom. The highest BCUT2D eigenvalue weighted by molar-refractivity contribution is 5.18. The van der Waals surface area contributed by atoms with Crippen LogP contribution in [0.15, 0.2) is 42.5 Å². The molecular weight excluding hydrogens is 198 g/mol. The SMILES string of the molecule is C[C@@H](N[C@H]1CC=CC[C@@H]1O)c1ccccc1. The van der Waals surface area contributed by atoms with Crippen molar-refractivity contribution in [1.29, 1.82) is 0 Å². The number of aliphatic hydroxyl groups is 1. The molecule has 0 saturated carbocycles. The second-order valence-electron chi connectivity index (χ2n) is 4.42. The Hall–Kier alpha value is -1.12. The third-order valence-corrected chi connectivity index (χ3v) is 3.16. The first kappa shape index (κ1) is 11.4. The lowest BCUT2D eigenvalue weighted by molar-refractivity contribution is 0.120. The summed E-state index contributed by atoms with van der Waals surface area (Å²) in [5.74, 6) is 0. The summed E-state index contributed by atoms with van der Waals surface area (Å²) in [6, 6.07) is 10.8. The highest BCUT2D eigenvalue weighted by atomic mass is 16.3. The summed E-state index contributed by atoms with van der Waals surface area (Å²) in [4.78, 5) is 0. The molecule has 0 fully saturated rings. The molecule has 1 aromatic carbocycles. The minimum atomic E-state index is -0.254. The van der Waals surface area contributed by atoms with Crippen LogP contribution < -0.4 is 5.32 Å². The van der Waals surface area contributed by atoms with Gasteiger partial charge in [-0.3, -0.25) is 0 Å². The van der Waals surface area contributed by atoms with Gasteiger partial charge in [0, 0.05) is 12.1 Å². The third-order valence-electron chi connectivity index (χ3n) is 3.16. The molecule has 2 rings (SSSR count). The fourth-order valence-corrected chi connectivity index (χ4v) is 2.14. The molecule has 86 valence electrons. The molecule has 1 aliphatic rings. The van der Waals surface area contributed by atoms with E-state index in [1.807, 2.05) is 18.2 Å². The summed E-state index contributed by atoms with van der Waals surface area (Å²) < 4.78 is 0. The number of benzene rings is 1. The van der Waals surface area contributed by atoms with Gasteiger partial charge in [-0.05, 0) is 25.3 Å². The molecule has 1 aliphatic carbocycles. The Balaban J connectivity index is 1.97. The molecule has 0 unspecified atom stereocenters. The van der Waals surface area contributed by atoms with Gasteiger partial charge in [0.25, 0.3) is 0 Å². The molecule has 2 N–H and O–H groups in total. The van der Waals surface area contributed by atoms with Crippen LogP contribution in [0.2, 0.25) is 0 Å². The van der Waals surface area contributed by atoms with Gasteiger partial charge >= 0.3 is 0 Å². The third kappa shape index (κ3) is 2.71. The number of aliphatic hydroxyl groups excluding tert-OH is 1. The van der Waals surface area contributed by atoms with Gasteiger partial charge in [0.1, 0.15) is 0 Å². The van der Waals surface area contributed by atoms with Crippen LogP contribution in [0.3, 0.4) is 0 Å². The van der Waals surface area contributed by atoms with Gasteiger partial charge in [-0.2, -0.15) is 0 Å². The van der Waals surface area contributed by atoms with Crippen LogP contribution in [-0.4, -0.2) is 17.3 Å². The van der Waals surface area contributed by atoms with Crippen molar-refractivity contribution in [2.75, 3.05) is 0 Å². The summed E-state index contributed by atoms with van der Waals surface area (Å²) in [6.45, 7) is 2.14. The predicted molar refractivity (Wildman–Crippen MR) is 66.2 cm³/mol. The molecule has 16 heavy (non-hydrogen) atoms. The van der Waals surface area contributed by atoms with Crippen LogP contribution >= 0.6 is 0 Å². The smallest absolute Gasteiger partial charge is 0.0730 e. The van der Waals surface area contributed by atoms with Crippen molar-refractivity contribution in [1.82, 2.24) is 5.32 Å². The van der Waals surface area contributed by atoms with E-state index in [0.29, 0.717) is 0 Å². The van der Waals surface area contributed by atoms with Gasteiger partial charge < -0.3 is 10.4 Å². The standard InChI is InChI=1S/C14H19NO/c1-11(12-7-3-2-4-8-12)15-13-9-5-6-10-14(13)16/h2-8,11,13-16H,9-10H2,1H3/t11-,13+,14+/m1/s1. The average Bonchev–Trinajstić information content (AvgIpc) is 2.33. The topological polar surface area (TPSA) is 32.3 Å². The second-order valence-corrected chi connectivity index (χ2v) is 4.42. The molecule has 0 saturated heterocycles. The van der Waals surface area contributed by atoms with Crippen molar-refractivity contribution in [2.45, 2.75) is 38.0 Å². The first-order valence-corrected chi connectivity index (χ1v) is 5.91. The number of nitrogens with one attached hydrogen (secondary N) is 1. The zero-order chi connectivity index (χ0) is 11.4. The first-order chi connectivity index (χ1) is 7.77. The van der Waals surface area contributed by atoms with Crippen molar-refractivity contribution < 1.29 is 5.11 Å². The van der Waals surface area contributed by atoms with Crippen LogP contribution in [0.4, 0.5) is 0 Å². The second kappa shape index (κ2) is 5.28. The average molecular weight is 217 g/mol. The molecule has 0 heterocycles. The van der Waals surface area contributed by atoms with E-state index >= 15 is 0 Å². The monoisotopic (exact) mass is 217 g/mol. The van der Waals surface area contributed by atoms with Crippen LogP contribution in [0.1, 0.15) is 31.4 Å². The van der Waals surface area contributed by atoms with Crippen molar-refractivity contribution in [3.05, 3.63) is 48.0 Å². The maximum atomic E-state index is 9.85. The molecular formula is C14H19NO. The van der Waals surface area contributed by atoms with E-state index in [0.717, 1.165) is 12.8 Å². The molecule has 0 radical (unpaired) electrons. The van der Waals surface area contributed by atoms with E-state index in [4.69, 9.17) is 0 Å². The van der Waals surface area contributed by atoms with Crippen molar-refractivity contribution in [2.24, 2.45) is 0 Å². The van der Waals surface area contributed by atoms with Gasteiger partial charge in [-0.25, -0.2) is 0 Å². The maximum absolute atomic E-state index is 9.85. The molecule has 2 heteroatoms. The van der Waals surface area contributed by atoms with E-state index < -0.39 is 0 Å². The zero-order valence-corrected chi connectivity index (χ0v) is 9.63. The summed E-state index contributed by atoms with van der Waals surface area (Å²) in [6.07, 6.45) is 5.62. The Morgan fingerprint density at radius 2 is 1.88 bits per heavy atom. The summed E-state index contributed by atoms with van der Waals surface area (Å²) in [7, 11) is 0. The zero-order valence-electron chi connectivity index (χ0n) is 9.63. The lowest BCUT2D eigenvalue weighted by Gasteiger charge is -2.28. The van der Waals surface area contributed by atoms with E-state index in [1.165, 1.54) is 5.56 Å². The van der Waals surface area contributed by atoms with E-state index in [2.05, 4.69) is 36.5 Å². The van der Waals surface area contributed by atoms with Crippen molar-refractivity contribution >= 4 is 0 Å². The van der Waals surface area contributed by atoms with Gasteiger partial charge in [-0.1, -0.05) is 42.5 Å². The molecule has 3 atom stereocenters. The molecule has 0 amide bonds. The fraction of sp³-hybridized carbons (Fsp3) is 0.429. The lowest BCUT2D eigenvalue weighted by Crippen LogP contribution is -2.41. The summed E-state index contributed by atoms with van der Waals surface area (Å²) >= 11 is 0. The molecule has 0 aliphatic heterocycles. The highest BCUT2D eigenvalue weighted by Crippen LogP contribution is 2.18. The minimum absolute atomic E-state index is 0.181. The van der Waals surface area contributed by atoms with E-state index in [1.54, 1.807) is 0 Å². The summed E-state index contributed by atoms with van der Waals surface area (Å²) in [5.41, 5.74) is 1.27. The molecule has 2 nitrogen and oxygen atoms in total. The predicted octanol–water partition coefficient (Wildman–Crippen LogP) is 2.42. The molecule has 0 spiro atoms. The lowest BCUT2D eigenvalue weighted by atomic mass is 9.97. The van der Waals surface area contributed by atoms with Crippen molar-refractivity contribution in [3.8, 4) is 0 Å². The Labute approximate surface area is 97.0 Å². The number of rotatable bonds is 3. The fourth-order valence-electron chi connectivity index (χ4n) is 2.14. The molecule has 0 bridgehead atoms. The van der Waals surface area contributed by atoms with Crippen LogP contribution in [0, 0.1) is 0 Å². The number of hydrogen-bond donors (Lipinski definition) is 2. The molecule has 0 aromatic heterocycles.